The van der Waals surface area contributed by atoms with E-state index in [4.69, 9.17) is 18.9 Å². The van der Waals surface area contributed by atoms with Gasteiger partial charge in [-0.15, -0.1) is 0 Å². The predicted octanol–water partition coefficient (Wildman–Crippen LogP) is 4.80. The Kier molecular flexibility index (Phi) is 7.94. The molecule has 0 amide bonds. The van der Waals surface area contributed by atoms with Gasteiger partial charge < -0.3 is 18.9 Å². The lowest BCUT2D eigenvalue weighted by Gasteiger charge is -2.42. The summed E-state index contributed by atoms with van der Waals surface area (Å²) < 4.78 is 23.2. The van der Waals surface area contributed by atoms with Gasteiger partial charge >= 0.3 is 17.9 Å². The largest absolute Gasteiger partial charge is 0.452 e. The van der Waals surface area contributed by atoms with Crippen LogP contribution in [0.4, 0.5) is 0 Å². The van der Waals surface area contributed by atoms with Crippen LogP contribution in [0.25, 0.3) is 0 Å². The summed E-state index contributed by atoms with van der Waals surface area (Å²) in [7, 11) is 0. The molecule has 1 fully saturated rings. The zero-order valence-corrected chi connectivity index (χ0v) is 20.4. The van der Waals surface area contributed by atoms with Crippen LogP contribution in [-0.4, -0.2) is 47.3 Å². The first kappa shape index (κ1) is 24.6. The standard InChI is InChI=1S/C27H23BrO7/c1-17-21(33-25(29)18-11-5-2-6-12-18)22(34-26(30)19-13-7-3-8-14-19)23(24(28)32-17)35-27(31)20-15-9-4-10-16-20/h2-17,21-24H,1H3/t17?,21-,22+,23?,24-/m1/s1. The zero-order chi connectivity index (χ0) is 24.8. The van der Waals surface area contributed by atoms with Gasteiger partial charge in [-0.25, -0.2) is 14.4 Å². The van der Waals surface area contributed by atoms with E-state index in [1.165, 1.54) is 0 Å². The van der Waals surface area contributed by atoms with Crippen LogP contribution < -0.4 is 0 Å². The maximum atomic E-state index is 13.0. The van der Waals surface area contributed by atoms with Crippen molar-refractivity contribution in [2.75, 3.05) is 0 Å². The molecule has 1 aliphatic heterocycles. The molecule has 0 aromatic heterocycles. The summed E-state index contributed by atoms with van der Waals surface area (Å²) in [5, 5.41) is -0.814. The second-order valence-electron chi connectivity index (χ2n) is 7.90. The average Bonchev–Trinajstić information content (AvgIpc) is 2.89. The quantitative estimate of drug-likeness (QED) is 0.253. The number of rotatable bonds is 6. The lowest BCUT2D eigenvalue weighted by atomic mass is 9.99. The molecule has 7 nitrogen and oxygen atoms in total. The normalized spacial score (nSPS) is 23.7. The Bertz CT molecular complexity index is 1090. The van der Waals surface area contributed by atoms with Gasteiger partial charge in [0.25, 0.3) is 0 Å². The van der Waals surface area contributed by atoms with Gasteiger partial charge in [0, 0.05) is 0 Å². The van der Waals surface area contributed by atoms with Crippen LogP contribution in [-0.2, 0) is 18.9 Å². The summed E-state index contributed by atoms with van der Waals surface area (Å²) in [5.74, 6) is -1.90. The second kappa shape index (κ2) is 11.3. The number of carbonyl (C=O) groups is 3. The van der Waals surface area contributed by atoms with Gasteiger partial charge in [-0.1, -0.05) is 70.5 Å². The summed E-state index contributed by atoms with van der Waals surface area (Å²) in [6, 6.07) is 25.2. The second-order valence-corrected chi connectivity index (χ2v) is 8.80. The van der Waals surface area contributed by atoms with E-state index in [1.807, 2.05) is 0 Å². The molecule has 0 N–H and O–H groups in total. The Morgan fingerprint density at radius 1 is 0.600 bits per heavy atom. The molecule has 4 rings (SSSR count). The highest BCUT2D eigenvalue weighted by Gasteiger charge is 2.50. The molecule has 35 heavy (non-hydrogen) atoms. The van der Waals surface area contributed by atoms with Crippen molar-refractivity contribution in [3.8, 4) is 0 Å². The third-order valence-corrected chi connectivity index (χ3v) is 6.21. The molecule has 0 bridgehead atoms. The molecule has 0 saturated carbocycles. The molecular formula is C27H23BrO7. The van der Waals surface area contributed by atoms with Crippen LogP contribution in [0.3, 0.4) is 0 Å². The first-order valence-corrected chi connectivity index (χ1v) is 11.9. The van der Waals surface area contributed by atoms with Crippen molar-refractivity contribution in [1.82, 2.24) is 0 Å². The van der Waals surface area contributed by atoms with Gasteiger partial charge in [-0.3, -0.25) is 0 Å². The van der Waals surface area contributed by atoms with Gasteiger partial charge in [-0.05, 0) is 43.3 Å². The molecular weight excluding hydrogens is 516 g/mol. The van der Waals surface area contributed by atoms with E-state index in [2.05, 4.69) is 15.9 Å². The van der Waals surface area contributed by atoms with Crippen LogP contribution in [0.2, 0.25) is 0 Å². The highest BCUT2D eigenvalue weighted by Crippen LogP contribution is 2.32. The highest BCUT2D eigenvalue weighted by molar-refractivity contribution is 9.09. The van der Waals surface area contributed by atoms with Crippen molar-refractivity contribution in [3.05, 3.63) is 108 Å². The minimum Gasteiger partial charge on any atom is -0.452 e. The van der Waals surface area contributed by atoms with Gasteiger partial charge in [0.1, 0.15) is 0 Å². The molecule has 0 spiro atoms. The molecule has 3 aromatic carbocycles. The summed E-state index contributed by atoms with van der Waals surface area (Å²) in [5.41, 5.74) is 0.947. The predicted molar refractivity (Wildman–Crippen MR) is 130 cm³/mol. The van der Waals surface area contributed by atoms with Gasteiger partial charge in [0.15, 0.2) is 23.3 Å². The topological polar surface area (TPSA) is 88.1 Å². The van der Waals surface area contributed by atoms with Crippen molar-refractivity contribution in [1.29, 1.82) is 0 Å². The van der Waals surface area contributed by atoms with Crippen molar-refractivity contribution < 1.29 is 33.3 Å². The monoisotopic (exact) mass is 538 g/mol. The third-order valence-electron chi connectivity index (χ3n) is 5.47. The Morgan fingerprint density at radius 3 is 1.34 bits per heavy atom. The lowest BCUT2D eigenvalue weighted by Crippen LogP contribution is -2.59. The molecule has 5 atom stereocenters. The van der Waals surface area contributed by atoms with E-state index < -0.39 is 47.3 Å². The van der Waals surface area contributed by atoms with E-state index in [0.29, 0.717) is 16.7 Å². The molecule has 0 aliphatic carbocycles. The fourth-order valence-electron chi connectivity index (χ4n) is 3.68. The van der Waals surface area contributed by atoms with E-state index in [1.54, 1.807) is 97.9 Å². The smallest absolute Gasteiger partial charge is 0.338 e. The van der Waals surface area contributed by atoms with Crippen LogP contribution in [0.5, 0.6) is 0 Å². The number of benzene rings is 3. The third kappa shape index (κ3) is 5.96. The van der Waals surface area contributed by atoms with Crippen molar-refractivity contribution >= 4 is 33.8 Å². The Labute approximate surface area is 211 Å². The average molecular weight is 539 g/mol. The Morgan fingerprint density at radius 2 is 0.943 bits per heavy atom. The van der Waals surface area contributed by atoms with Crippen LogP contribution in [0.1, 0.15) is 38.0 Å². The Hall–Kier alpha value is -3.49. The van der Waals surface area contributed by atoms with Crippen LogP contribution >= 0.6 is 15.9 Å². The molecule has 180 valence electrons. The van der Waals surface area contributed by atoms with Gasteiger partial charge in [0.2, 0.25) is 0 Å². The summed E-state index contributed by atoms with van der Waals surface area (Å²) in [6.07, 6.45) is -3.96. The molecule has 1 aliphatic rings. The lowest BCUT2D eigenvalue weighted by molar-refractivity contribution is -0.193. The number of ether oxygens (including phenoxy) is 4. The number of halogens is 1. The number of carbonyl (C=O) groups excluding carboxylic acids is 3. The fraction of sp³-hybridized carbons (Fsp3) is 0.222. The molecule has 3 aromatic rings. The highest BCUT2D eigenvalue weighted by atomic mass is 79.9. The van der Waals surface area contributed by atoms with E-state index in [-0.39, 0.29) is 0 Å². The van der Waals surface area contributed by atoms with E-state index >= 15 is 0 Å². The molecule has 1 saturated heterocycles. The van der Waals surface area contributed by atoms with Gasteiger partial charge in [0.05, 0.1) is 22.8 Å². The van der Waals surface area contributed by atoms with E-state index in [9.17, 15) is 14.4 Å². The number of esters is 3. The zero-order valence-electron chi connectivity index (χ0n) is 18.8. The molecule has 1 heterocycles. The maximum absolute atomic E-state index is 13.0. The number of hydrogen-bond donors (Lipinski definition) is 0. The number of hydrogen-bond acceptors (Lipinski definition) is 7. The maximum Gasteiger partial charge on any atom is 0.338 e. The molecule has 2 unspecified atom stereocenters. The van der Waals surface area contributed by atoms with Crippen LogP contribution in [0, 0.1) is 0 Å². The summed E-state index contributed by atoms with van der Waals surface area (Å²) in [6.45, 7) is 1.69. The SMILES string of the molecule is CC1O[C@@H](Br)C(OC(=O)c2ccccc2)[C@@H](OC(=O)c2ccccc2)[C@@H]1OC(=O)c1ccccc1. The van der Waals surface area contributed by atoms with Crippen molar-refractivity contribution in [2.45, 2.75) is 36.4 Å². The van der Waals surface area contributed by atoms with E-state index in [0.717, 1.165) is 0 Å². The van der Waals surface area contributed by atoms with Gasteiger partial charge in [-0.2, -0.15) is 0 Å². The summed E-state index contributed by atoms with van der Waals surface area (Å²) >= 11 is 3.39. The first-order chi connectivity index (χ1) is 16.9. The van der Waals surface area contributed by atoms with Crippen LogP contribution in [0.15, 0.2) is 91.0 Å². The summed E-state index contributed by atoms with van der Waals surface area (Å²) in [4.78, 5) is 38.7. The number of alkyl halides is 1. The minimum atomic E-state index is -1.14. The minimum absolute atomic E-state index is 0.305. The Balaban J connectivity index is 1.63. The molecule has 8 heteroatoms. The van der Waals surface area contributed by atoms with Crippen molar-refractivity contribution in [2.24, 2.45) is 0 Å². The fourth-order valence-corrected chi connectivity index (χ4v) is 4.43. The molecule has 0 radical (unpaired) electrons. The first-order valence-electron chi connectivity index (χ1n) is 11.0. The van der Waals surface area contributed by atoms with Crippen molar-refractivity contribution in [3.63, 3.8) is 0 Å².